The number of hydrogen-bond acceptors (Lipinski definition) is 5. The van der Waals surface area contributed by atoms with E-state index in [1.807, 2.05) is 13.0 Å². The number of rotatable bonds is 3. The molecule has 0 unspecified atom stereocenters. The standard InChI is InChI=1S/C13H14N4O/c1-4-9-5-6-10(11(18)7-9)12-8(2)15-13(14-3)17-16-12/h4-7,18H,1H2,2-3H3,(H,14,15,17). The highest BCUT2D eigenvalue weighted by molar-refractivity contribution is 5.70. The van der Waals surface area contributed by atoms with Gasteiger partial charge in [-0.2, -0.15) is 0 Å². The Morgan fingerprint density at radius 3 is 2.67 bits per heavy atom. The minimum atomic E-state index is 0.142. The molecule has 0 atom stereocenters. The number of benzene rings is 1. The van der Waals surface area contributed by atoms with E-state index < -0.39 is 0 Å². The first kappa shape index (κ1) is 12.0. The number of aromatic nitrogens is 3. The van der Waals surface area contributed by atoms with Crippen LogP contribution in [0.15, 0.2) is 24.8 Å². The Labute approximate surface area is 105 Å². The van der Waals surface area contributed by atoms with E-state index in [9.17, 15) is 5.11 Å². The number of nitrogens with one attached hydrogen (secondary N) is 1. The largest absolute Gasteiger partial charge is 0.507 e. The van der Waals surface area contributed by atoms with Crippen LogP contribution in [0.2, 0.25) is 0 Å². The van der Waals surface area contributed by atoms with Gasteiger partial charge in [-0.1, -0.05) is 18.7 Å². The fourth-order valence-electron chi connectivity index (χ4n) is 1.63. The number of nitrogens with zero attached hydrogens (tertiary/aromatic N) is 3. The molecule has 0 spiro atoms. The molecular weight excluding hydrogens is 228 g/mol. The Kier molecular flexibility index (Phi) is 3.23. The van der Waals surface area contributed by atoms with Crippen molar-refractivity contribution in [3.05, 3.63) is 36.0 Å². The molecule has 0 amide bonds. The number of aryl methyl sites for hydroxylation is 1. The average Bonchev–Trinajstić information content (AvgIpc) is 2.39. The van der Waals surface area contributed by atoms with Gasteiger partial charge in [-0.25, -0.2) is 4.98 Å². The molecule has 0 aliphatic heterocycles. The zero-order chi connectivity index (χ0) is 13.1. The highest BCUT2D eigenvalue weighted by Gasteiger charge is 2.11. The first-order chi connectivity index (χ1) is 8.65. The van der Waals surface area contributed by atoms with Crippen LogP contribution in [-0.4, -0.2) is 27.3 Å². The third kappa shape index (κ3) is 2.15. The maximum atomic E-state index is 9.97. The Morgan fingerprint density at radius 1 is 1.33 bits per heavy atom. The quantitative estimate of drug-likeness (QED) is 0.863. The van der Waals surface area contributed by atoms with E-state index in [1.165, 1.54) is 0 Å². The summed E-state index contributed by atoms with van der Waals surface area (Å²) in [6.07, 6.45) is 1.67. The number of anilines is 1. The third-order valence-electron chi connectivity index (χ3n) is 2.60. The van der Waals surface area contributed by atoms with Crippen molar-refractivity contribution in [1.29, 1.82) is 0 Å². The average molecular weight is 242 g/mol. The van der Waals surface area contributed by atoms with E-state index in [1.54, 1.807) is 25.3 Å². The van der Waals surface area contributed by atoms with Crippen LogP contribution in [-0.2, 0) is 0 Å². The molecule has 1 aromatic heterocycles. The van der Waals surface area contributed by atoms with E-state index in [4.69, 9.17) is 0 Å². The Hall–Kier alpha value is -2.43. The van der Waals surface area contributed by atoms with Gasteiger partial charge in [0.15, 0.2) is 0 Å². The molecule has 18 heavy (non-hydrogen) atoms. The Balaban J connectivity index is 2.51. The van der Waals surface area contributed by atoms with Crippen molar-refractivity contribution >= 4 is 12.0 Å². The fraction of sp³-hybridized carbons (Fsp3) is 0.154. The SMILES string of the molecule is C=Cc1ccc(-c2nnc(NC)nc2C)c(O)c1. The molecular formula is C13H14N4O. The van der Waals surface area contributed by atoms with Crippen LogP contribution >= 0.6 is 0 Å². The molecule has 2 N–H and O–H groups in total. The predicted octanol–water partition coefficient (Wildman–Crippen LogP) is 2.24. The maximum absolute atomic E-state index is 9.97. The number of phenolic OH excluding ortho intramolecular Hbond substituents is 1. The molecule has 0 bridgehead atoms. The summed E-state index contributed by atoms with van der Waals surface area (Å²) < 4.78 is 0. The smallest absolute Gasteiger partial charge is 0.242 e. The van der Waals surface area contributed by atoms with Crippen LogP contribution in [0.3, 0.4) is 0 Å². The Bertz CT molecular complexity index is 596. The van der Waals surface area contributed by atoms with Gasteiger partial charge in [0.05, 0.1) is 5.69 Å². The molecule has 0 fully saturated rings. The molecule has 5 heteroatoms. The lowest BCUT2D eigenvalue weighted by Crippen LogP contribution is -2.02. The maximum Gasteiger partial charge on any atom is 0.242 e. The fourth-order valence-corrected chi connectivity index (χ4v) is 1.63. The second-order valence-electron chi connectivity index (χ2n) is 3.80. The molecule has 1 heterocycles. The monoisotopic (exact) mass is 242 g/mol. The van der Waals surface area contributed by atoms with Crippen LogP contribution in [0.25, 0.3) is 17.3 Å². The summed E-state index contributed by atoms with van der Waals surface area (Å²) in [5, 5.41) is 20.8. The van der Waals surface area contributed by atoms with Gasteiger partial charge in [0, 0.05) is 12.6 Å². The van der Waals surface area contributed by atoms with Crippen molar-refractivity contribution in [1.82, 2.24) is 15.2 Å². The molecule has 0 aliphatic rings. The highest BCUT2D eigenvalue weighted by atomic mass is 16.3. The molecule has 0 radical (unpaired) electrons. The zero-order valence-electron chi connectivity index (χ0n) is 10.3. The summed E-state index contributed by atoms with van der Waals surface area (Å²) in [5.74, 6) is 0.599. The summed E-state index contributed by atoms with van der Waals surface area (Å²) >= 11 is 0. The van der Waals surface area contributed by atoms with Crippen molar-refractivity contribution in [3.8, 4) is 17.0 Å². The van der Waals surface area contributed by atoms with Gasteiger partial charge in [0.1, 0.15) is 11.4 Å². The van der Waals surface area contributed by atoms with E-state index in [-0.39, 0.29) is 5.75 Å². The van der Waals surface area contributed by atoms with Gasteiger partial charge in [0.25, 0.3) is 0 Å². The summed E-state index contributed by atoms with van der Waals surface area (Å²) in [7, 11) is 1.73. The summed E-state index contributed by atoms with van der Waals surface area (Å²) in [5.41, 5.74) is 2.74. The molecule has 92 valence electrons. The van der Waals surface area contributed by atoms with Crippen molar-refractivity contribution in [2.75, 3.05) is 12.4 Å². The topological polar surface area (TPSA) is 70.9 Å². The lowest BCUT2D eigenvalue weighted by Gasteiger charge is -2.07. The van der Waals surface area contributed by atoms with Gasteiger partial charge in [-0.05, 0) is 24.6 Å². The van der Waals surface area contributed by atoms with E-state index in [0.717, 1.165) is 5.56 Å². The lowest BCUT2D eigenvalue weighted by molar-refractivity contribution is 0.477. The molecule has 2 aromatic rings. The van der Waals surface area contributed by atoms with Crippen molar-refractivity contribution < 1.29 is 5.11 Å². The van der Waals surface area contributed by atoms with Crippen LogP contribution in [0.1, 0.15) is 11.3 Å². The van der Waals surface area contributed by atoms with Gasteiger partial charge in [-0.15, -0.1) is 10.2 Å². The number of hydrogen-bond donors (Lipinski definition) is 2. The molecule has 0 saturated heterocycles. The summed E-state index contributed by atoms with van der Waals surface area (Å²) in [4.78, 5) is 4.24. The minimum absolute atomic E-state index is 0.142. The highest BCUT2D eigenvalue weighted by Crippen LogP contribution is 2.30. The predicted molar refractivity (Wildman–Crippen MR) is 71.3 cm³/mol. The molecule has 5 nitrogen and oxygen atoms in total. The minimum Gasteiger partial charge on any atom is -0.507 e. The molecule has 1 aromatic carbocycles. The van der Waals surface area contributed by atoms with Crippen molar-refractivity contribution in [2.24, 2.45) is 0 Å². The summed E-state index contributed by atoms with van der Waals surface area (Å²) in [6.45, 7) is 5.48. The van der Waals surface area contributed by atoms with Crippen LogP contribution in [0.5, 0.6) is 5.75 Å². The normalized spacial score (nSPS) is 10.1. The van der Waals surface area contributed by atoms with Crippen molar-refractivity contribution in [3.63, 3.8) is 0 Å². The van der Waals surface area contributed by atoms with Gasteiger partial charge >= 0.3 is 0 Å². The van der Waals surface area contributed by atoms with Gasteiger partial charge in [0.2, 0.25) is 5.95 Å². The Morgan fingerprint density at radius 2 is 2.11 bits per heavy atom. The second kappa shape index (κ2) is 4.83. The van der Waals surface area contributed by atoms with Crippen LogP contribution in [0, 0.1) is 6.92 Å². The van der Waals surface area contributed by atoms with Crippen molar-refractivity contribution in [2.45, 2.75) is 6.92 Å². The first-order valence-electron chi connectivity index (χ1n) is 5.50. The number of aromatic hydroxyl groups is 1. The van der Waals surface area contributed by atoms with E-state index in [2.05, 4.69) is 27.1 Å². The summed E-state index contributed by atoms with van der Waals surface area (Å²) in [6, 6.07) is 5.27. The van der Waals surface area contributed by atoms with E-state index in [0.29, 0.717) is 22.9 Å². The molecule has 0 aliphatic carbocycles. The number of phenols is 1. The molecule has 2 rings (SSSR count). The van der Waals surface area contributed by atoms with Gasteiger partial charge < -0.3 is 10.4 Å². The van der Waals surface area contributed by atoms with Gasteiger partial charge in [-0.3, -0.25) is 0 Å². The van der Waals surface area contributed by atoms with Crippen LogP contribution in [0.4, 0.5) is 5.95 Å². The zero-order valence-corrected chi connectivity index (χ0v) is 10.3. The second-order valence-corrected chi connectivity index (χ2v) is 3.80. The third-order valence-corrected chi connectivity index (χ3v) is 2.60. The van der Waals surface area contributed by atoms with Crippen LogP contribution < -0.4 is 5.32 Å². The lowest BCUT2D eigenvalue weighted by atomic mass is 10.1. The first-order valence-corrected chi connectivity index (χ1v) is 5.50. The van der Waals surface area contributed by atoms with E-state index >= 15 is 0 Å². The molecule has 0 saturated carbocycles.